The Morgan fingerprint density at radius 3 is 1.08 bits per heavy atom. The molecule has 4 unspecified atom stereocenters. The zero-order valence-electron chi connectivity index (χ0n) is 52.6. The van der Waals surface area contributed by atoms with Gasteiger partial charge in [0.1, 0.15) is 51.8 Å². The summed E-state index contributed by atoms with van der Waals surface area (Å²) in [6, 6.07) is 0. The van der Waals surface area contributed by atoms with Crippen LogP contribution in [0, 0.1) is 5.92 Å². The molecule has 0 saturated carbocycles. The third-order valence-corrected chi connectivity index (χ3v) is 14.7. The summed E-state index contributed by atoms with van der Waals surface area (Å²) in [4.78, 5) is 86.7. The van der Waals surface area contributed by atoms with Crippen LogP contribution in [0.3, 0.4) is 0 Å². The second-order valence-electron chi connectivity index (χ2n) is 21.8. The number of esters is 4. The quantitative estimate of drug-likeness (QED) is 0.0168. The molecule has 0 rings (SSSR count). The zero-order chi connectivity index (χ0) is 61.4. The fourth-order valence-corrected chi connectivity index (χ4v) is 9.62. The summed E-state index contributed by atoms with van der Waals surface area (Å²) in [5, 5.41) is 28.1. The summed E-state index contributed by atoms with van der Waals surface area (Å²) >= 11 is 0. The number of nitrogens with zero attached hydrogens (tertiary/aromatic N) is 3. The molecular weight excluding hydrogens is 1070 g/mol. The van der Waals surface area contributed by atoms with E-state index in [4.69, 9.17) is 53.0 Å². The summed E-state index contributed by atoms with van der Waals surface area (Å²) in [5.74, 6) is -1.89. The van der Waals surface area contributed by atoms with Crippen molar-refractivity contribution in [3.63, 3.8) is 0 Å². The maximum absolute atomic E-state index is 13.0. The molecule has 0 saturated heterocycles. The van der Waals surface area contributed by atoms with Gasteiger partial charge in [0, 0.05) is 52.4 Å². The average molecular weight is 1190 g/mol. The van der Waals surface area contributed by atoms with Crippen LogP contribution in [0.1, 0.15) is 227 Å². The highest BCUT2D eigenvalue weighted by molar-refractivity contribution is 5.71. The largest absolute Gasteiger partial charge is 0.508 e. The molecular formula is C62H117N3O18. The van der Waals surface area contributed by atoms with Crippen molar-refractivity contribution >= 4 is 36.2 Å². The Hall–Kier alpha value is -3.86. The second kappa shape index (κ2) is 57.2. The highest BCUT2D eigenvalue weighted by atomic mass is 17.1. The van der Waals surface area contributed by atoms with Crippen molar-refractivity contribution in [3.05, 3.63) is 0 Å². The Bertz CT molecular complexity index is 1580. The first kappa shape index (κ1) is 79.1. The van der Waals surface area contributed by atoms with Crippen LogP contribution in [0.25, 0.3) is 0 Å². The topological polar surface area (TPSA) is 256 Å². The summed E-state index contributed by atoms with van der Waals surface area (Å²) in [5.41, 5.74) is 0. The van der Waals surface area contributed by atoms with Crippen LogP contribution in [0.5, 0.6) is 0 Å². The third-order valence-electron chi connectivity index (χ3n) is 14.7. The predicted molar refractivity (Wildman–Crippen MR) is 319 cm³/mol. The van der Waals surface area contributed by atoms with E-state index in [9.17, 15) is 34.0 Å². The van der Waals surface area contributed by atoms with Gasteiger partial charge in [0.2, 0.25) is 0 Å². The van der Waals surface area contributed by atoms with Crippen LogP contribution in [-0.4, -0.2) is 197 Å². The summed E-state index contributed by atoms with van der Waals surface area (Å²) < 4.78 is 42.8. The Balaban J connectivity index is 5.33. The van der Waals surface area contributed by atoms with E-state index in [0.29, 0.717) is 39.0 Å². The van der Waals surface area contributed by atoms with E-state index in [1.807, 2.05) is 28.7 Å². The van der Waals surface area contributed by atoms with Crippen molar-refractivity contribution in [1.82, 2.24) is 14.7 Å². The fraction of sp³-hybridized carbons (Fsp3) is 0.903. The van der Waals surface area contributed by atoms with Crippen LogP contribution in [0.4, 0.5) is 9.59 Å². The maximum atomic E-state index is 13.0. The van der Waals surface area contributed by atoms with Crippen LogP contribution in [0.15, 0.2) is 0 Å². The number of hydrogen-bond acceptors (Lipinski definition) is 21. The Morgan fingerprint density at radius 1 is 0.373 bits per heavy atom. The van der Waals surface area contributed by atoms with Crippen molar-refractivity contribution in [2.24, 2.45) is 5.92 Å². The molecule has 4 atom stereocenters. The first-order valence-corrected chi connectivity index (χ1v) is 32.2. The molecule has 0 aromatic carbocycles. The first-order chi connectivity index (χ1) is 40.3. The van der Waals surface area contributed by atoms with E-state index in [2.05, 4.69) is 27.7 Å². The lowest BCUT2D eigenvalue weighted by Gasteiger charge is -2.27. The normalized spacial score (nSPS) is 12.9. The van der Waals surface area contributed by atoms with E-state index in [1.54, 1.807) is 0 Å². The number of unbranched alkanes of at least 4 members (excludes halogenated alkanes) is 15. The van der Waals surface area contributed by atoms with Crippen LogP contribution >= 0.6 is 0 Å². The molecule has 0 bridgehead atoms. The number of carbonyl (C=O) groups is 6. The van der Waals surface area contributed by atoms with Crippen LogP contribution in [-0.2, 0) is 62.0 Å². The van der Waals surface area contributed by atoms with Gasteiger partial charge in [-0.2, -0.15) is 0 Å². The second-order valence-corrected chi connectivity index (χ2v) is 21.8. The standard InChI is InChI=1S/C62H117N3O18/c1-7-12-15-18-21-24-28-54(27-10-4)81-61(72)79-51-49-77-59(70)35-39-64(37-33-57(68)75-47-45-66)43-41-63(6)42-44-65(38-34-58(69)76-48-46-67)40-36-60(71)78-50-52-80-62(73)82-55(29-25-22-19-16-13-8-2)32-31-53(11-5)56(83-74)30-26-23-20-17-14-9-3/h53-56,66-67,74H,7-52H2,1-6H3. The molecule has 0 aliphatic rings. The lowest BCUT2D eigenvalue weighted by Crippen LogP contribution is -2.40. The number of ether oxygens (including phenoxy) is 8. The van der Waals surface area contributed by atoms with E-state index in [-0.39, 0.29) is 129 Å². The van der Waals surface area contributed by atoms with Gasteiger partial charge in [0.15, 0.2) is 0 Å². The molecule has 0 spiro atoms. The minimum Gasteiger partial charge on any atom is -0.463 e. The van der Waals surface area contributed by atoms with Crippen LogP contribution < -0.4 is 0 Å². The Labute approximate surface area is 500 Å². The molecule has 0 aromatic heterocycles. The number of aliphatic hydroxyl groups is 2. The monoisotopic (exact) mass is 1190 g/mol. The van der Waals surface area contributed by atoms with Crippen molar-refractivity contribution in [2.75, 3.05) is 112 Å². The van der Waals surface area contributed by atoms with Crippen molar-refractivity contribution in [3.8, 4) is 0 Å². The van der Waals surface area contributed by atoms with Gasteiger partial charge in [-0.15, -0.1) is 0 Å². The van der Waals surface area contributed by atoms with Gasteiger partial charge in [-0.05, 0) is 64.3 Å². The minimum atomic E-state index is -0.825. The SMILES string of the molecule is CCCCCCCCC(CCC)OC(=O)OCCOC(=O)CCN(CCC(=O)OCCO)CCN(C)CCN(CCC(=O)OCCO)CCC(=O)OCCOC(=O)OC(CCCCCCCC)CCC(CC)C(CCCCCCCC)OO. The van der Waals surface area contributed by atoms with Gasteiger partial charge in [0.25, 0.3) is 0 Å². The number of hydrogen-bond donors (Lipinski definition) is 3. The summed E-state index contributed by atoms with van der Waals surface area (Å²) in [7, 11) is 1.90. The van der Waals surface area contributed by atoms with E-state index in [0.717, 1.165) is 89.9 Å². The van der Waals surface area contributed by atoms with Gasteiger partial charge >= 0.3 is 36.2 Å². The van der Waals surface area contributed by atoms with E-state index in [1.165, 1.54) is 64.2 Å². The lowest BCUT2D eigenvalue weighted by atomic mass is 9.89. The Kier molecular flexibility index (Phi) is 54.6. The lowest BCUT2D eigenvalue weighted by molar-refractivity contribution is -0.292. The highest BCUT2D eigenvalue weighted by Crippen LogP contribution is 2.26. The van der Waals surface area contributed by atoms with Gasteiger partial charge in [-0.25, -0.2) is 14.5 Å². The number of likely N-dealkylation sites (N-methyl/N-ethyl adjacent to an activating group) is 1. The van der Waals surface area contributed by atoms with Gasteiger partial charge in [-0.1, -0.05) is 150 Å². The zero-order valence-corrected chi connectivity index (χ0v) is 52.6. The maximum Gasteiger partial charge on any atom is 0.508 e. The molecule has 0 fully saturated rings. The molecule has 0 aliphatic carbocycles. The number of carbonyl (C=O) groups excluding carboxylic acids is 6. The van der Waals surface area contributed by atoms with Crippen molar-refractivity contribution < 1.29 is 87.0 Å². The molecule has 0 aliphatic heterocycles. The Morgan fingerprint density at radius 2 is 0.723 bits per heavy atom. The van der Waals surface area contributed by atoms with Gasteiger partial charge < -0.3 is 62.8 Å². The van der Waals surface area contributed by atoms with Crippen molar-refractivity contribution in [2.45, 2.75) is 246 Å². The fourth-order valence-electron chi connectivity index (χ4n) is 9.62. The van der Waals surface area contributed by atoms with Gasteiger partial charge in [-0.3, -0.25) is 24.4 Å². The molecule has 0 amide bonds. The van der Waals surface area contributed by atoms with Crippen LogP contribution in [0.2, 0.25) is 0 Å². The molecule has 21 heteroatoms. The smallest absolute Gasteiger partial charge is 0.463 e. The molecule has 3 N–H and O–H groups in total. The minimum absolute atomic E-state index is 0.00539. The average Bonchev–Trinajstić information content (AvgIpc) is 3.48. The number of rotatable bonds is 59. The summed E-state index contributed by atoms with van der Waals surface area (Å²) in [6.45, 7) is 12.2. The molecule has 83 heavy (non-hydrogen) atoms. The third kappa shape index (κ3) is 49.0. The van der Waals surface area contributed by atoms with E-state index >= 15 is 0 Å². The summed E-state index contributed by atoms with van der Waals surface area (Å²) in [6.07, 6.45) is 24.0. The number of aliphatic hydroxyl groups excluding tert-OH is 2. The molecule has 21 nitrogen and oxygen atoms in total. The highest BCUT2D eigenvalue weighted by Gasteiger charge is 2.25. The molecule has 0 radical (unpaired) electrons. The molecule has 488 valence electrons. The molecule has 0 aromatic rings. The predicted octanol–water partition coefficient (Wildman–Crippen LogP) is 11.0. The first-order valence-electron chi connectivity index (χ1n) is 32.2. The molecule has 0 heterocycles. The van der Waals surface area contributed by atoms with E-state index < -0.39 is 36.2 Å². The van der Waals surface area contributed by atoms with Crippen molar-refractivity contribution in [1.29, 1.82) is 0 Å². The van der Waals surface area contributed by atoms with Gasteiger partial charge in [0.05, 0.1) is 45.0 Å².